The standard InChI is InChI=1S/C18H16N6OS/c1-11(2)24-16-13(10-20-24)8-14(9-19-16)17(25)22-18-21-15(23-26-18)12-6-4-3-5-7-12/h3-11H,1-2H3,(H,21,22,23,25). The van der Waals surface area contributed by atoms with Gasteiger partial charge in [-0.2, -0.15) is 14.5 Å². The number of nitrogens with one attached hydrogen (secondary N) is 1. The molecule has 26 heavy (non-hydrogen) atoms. The van der Waals surface area contributed by atoms with Gasteiger partial charge in [0.1, 0.15) is 0 Å². The van der Waals surface area contributed by atoms with Gasteiger partial charge in [-0.3, -0.25) is 10.1 Å². The van der Waals surface area contributed by atoms with Crippen LogP contribution in [0.1, 0.15) is 30.2 Å². The monoisotopic (exact) mass is 364 g/mol. The van der Waals surface area contributed by atoms with E-state index < -0.39 is 0 Å². The lowest BCUT2D eigenvalue weighted by Gasteiger charge is -2.06. The SMILES string of the molecule is CC(C)n1ncc2cc(C(=O)Nc3nc(-c4ccccc4)ns3)cnc21. The van der Waals surface area contributed by atoms with E-state index in [1.54, 1.807) is 18.5 Å². The van der Waals surface area contributed by atoms with Gasteiger partial charge in [0.15, 0.2) is 11.5 Å². The number of pyridine rings is 1. The minimum atomic E-state index is -0.271. The van der Waals surface area contributed by atoms with Crippen molar-refractivity contribution in [3.8, 4) is 11.4 Å². The third-order valence-corrected chi connectivity index (χ3v) is 4.49. The van der Waals surface area contributed by atoms with E-state index in [0.717, 1.165) is 28.1 Å². The van der Waals surface area contributed by atoms with Gasteiger partial charge >= 0.3 is 0 Å². The molecule has 0 radical (unpaired) electrons. The second-order valence-corrected chi connectivity index (χ2v) is 6.81. The third kappa shape index (κ3) is 3.06. The van der Waals surface area contributed by atoms with Gasteiger partial charge in [0.05, 0.1) is 11.8 Å². The number of hydrogen-bond acceptors (Lipinski definition) is 6. The number of anilines is 1. The van der Waals surface area contributed by atoms with Crippen LogP contribution in [-0.2, 0) is 0 Å². The van der Waals surface area contributed by atoms with E-state index in [-0.39, 0.29) is 11.9 Å². The number of amides is 1. The number of rotatable bonds is 4. The fourth-order valence-corrected chi connectivity index (χ4v) is 3.17. The Morgan fingerprint density at radius 1 is 1.19 bits per heavy atom. The van der Waals surface area contributed by atoms with Crippen molar-refractivity contribution < 1.29 is 4.79 Å². The molecular formula is C18H16N6OS. The van der Waals surface area contributed by atoms with Crippen molar-refractivity contribution in [2.45, 2.75) is 19.9 Å². The molecule has 1 amide bonds. The van der Waals surface area contributed by atoms with Crippen LogP contribution in [0.15, 0.2) is 48.8 Å². The normalized spacial score (nSPS) is 11.2. The van der Waals surface area contributed by atoms with Crippen LogP contribution in [0.25, 0.3) is 22.4 Å². The highest BCUT2D eigenvalue weighted by Gasteiger charge is 2.14. The number of benzene rings is 1. The van der Waals surface area contributed by atoms with Gasteiger partial charge in [0.2, 0.25) is 5.13 Å². The first-order valence-corrected chi connectivity index (χ1v) is 8.93. The molecule has 0 atom stereocenters. The zero-order valence-corrected chi connectivity index (χ0v) is 15.1. The molecule has 130 valence electrons. The smallest absolute Gasteiger partial charge is 0.259 e. The second-order valence-electron chi connectivity index (χ2n) is 6.06. The predicted molar refractivity (Wildman–Crippen MR) is 101 cm³/mol. The van der Waals surface area contributed by atoms with Gasteiger partial charge < -0.3 is 0 Å². The summed E-state index contributed by atoms with van der Waals surface area (Å²) < 4.78 is 6.12. The van der Waals surface area contributed by atoms with Gasteiger partial charge in [-0.1, -0.05) is 30.3 Å². The van der Waals surface area contributed by atoms with Crippen molar-refractivity contribution in [1.29, 1.82) is 0 Å². The predicted octanol–water partition coefficient (Wildman–Crippen LogP) is 3.78. The number of hydrogen-bond donors (Lipinski definition) is 1. The minimum absolute atomic E-state index is 0.206. The van der Waals surface area contributed by atoms with Crippen LogP contribution in [0.3, 0.4) is 0 Å². The Kier molecular flexibility index (Phi) is 4.18. The molecule has 0 saturated carbocycles. The highest BCUT2D eigenvalue weighted by Crippen LogP contribution is 2.22. The molecule has 4 aromatic rings. The minimum Gasteiger partial charge on any atom is -0.297 e. The molecule has 1 aromatic carbocycles. The van der Waals surface area contributed by atoms with Crippen LogP contribution in [0.2, 0.25) is 0 Å². The second kappa shape index (κ2) is 6.64. The number of aromatic nitrogens is 5. The Morgan fingerprint density at radius 3 is 2.77 bits per heavy atom. The van der Waals surface area contributed by atoms with E-state index in [1.165, 1.54) is 0 Å². The Hall–Kier alpha value is -3.13. The van der Waals surface area contributed by atoms with E-state index in [4.69, 9.17) is 0 Å². The average molecular weight is 364 g/mol. The van der Waals surface area contributed by atoms with E-state index in [1.807, 2.05) is 48.9 Å². The first-order chi connectivity index (χ1) is 12.6. The molecular weight excluding hydrogens is 348 g/mol. The first kappa shape index (κ1) is 16.3. The van der Waals surface area contributed by atoms with Crippen LogP contribution in [0, 0.1) is 0 Å². The van der Waals surface area contributed by atoms with Crippen molar-refractivity contribution in [3.05, 3.63) is 54.4 Å². The Morgan fingerprint density at radius 2 is 2.00 bits per heavy atom. The van der Waals surface area contributed by atoms with Crippen molar-refractivity contribution in [3.63, 3.8) is 0 Å². The van der Waals surface area contributed by atoms with Gasteiger partial charge in [0, 0.05) is 34.7 Å². The van der Waals surface area contributed by atoms with Crippen LogP contribution >= 0.6 is 11.5 Å². The molecule has 0 saturated heterocycles. The molecule has 7 nitrogen and oxygen atoms in total. The fraction of sp³-hybridized carbons (Fsp3) is 0.167. The van der Waals surface area contributed by atoms with Crippen LogP contribution in [-0.4, -0.2) is 30.0 Å². The van der Waals surface area contributed by atoms with Crippen molar-refractivity contribution in [2.75, 3.05) is 5.32 Å². The molecule has 0 fully saturated rings. The van der Waals surface area contributed by atoms with Crippen molar-refractivity contribution >= 4 is 33.6 Å². The molecule has 0 aliphatic heterocycles. The highest BCUT2D eigenvalue weighted by atomic mass is 32.1. The highest BCUT2D eigenvalue weighted by molar-refractivity contribution is 7.10. The molecule has 4 rings (SSSR count). The van der Waals surface area contributed by atoms with E-state index in [0.29, 0.717) is 16.5 Å². The quantitative estimate of drug-likeness (QED) is 0.595. The molecule has 0 aliphatic rings. The van der Waals surface area contributed by atoms with Crippen LogP contribution in [0.4, 0.5) is 5.13 Å². The lowest BCUT2D eigenvalue weighted by molar-refractivity contribution is 0.102. The summed E-state index contributed by atoms with van der Waals surface area (Å²) in [4.78, 5) is 21.3. The van der Waals surface area contributed by atoms with E-state index in [9.17, 15) is 4.79 Å². The summed E-state index contributed by atoms with van der Waals surface area (Å²) in [5.74, 6) is 0.324. The van der Waals surface area contributed by atoms with Crippen molar-refractivity contribution in [1.82, 2.24) is 24.1 Å². The van der Waals surface area contributed by atoms with Crippen LogP contribution in [0.5, 0.6) is 0 Å². The maximum atomic E-state index is 12.5. The van der Waals surface area contributed by atoms with Gasteiger partial charge in [-0.15, -0.1) is 0 Å². The topological polar surface area (TPSA) is 85.6 Å². The summed E-state index contributed by atoms with van der Waals surface area (Å²) in [5.41, 5.74) is 2.13. The molecule has 0 spiro atoms. The lowest BCUT2D eigenvalue weighted by atomic mass is 10.2. The number of nitrogens with zero attached hydrogens (tertiary/aromatic N) is 5. The van der Waals surface area contributed by atoms with E-state index >= 15 is 0 Å². The maximum Gasteiger partial charge on any atom is 0.259 e. The average Bonchev–Trinajstić information content (AvgIpc) is 3.28. The number of fused-ring (bicyclic) bond motifs is 1. The molecule has 1 N–H and O–H groups in total. The summed E-state index contributed by atoms with van der Waals surface area (Å²) in [5, 5.41) is 8.38. The zero-order valence-electron chi connectivity index (χ0n) is 14.2. The maximum absolute atomic E-state index is 12.5. The van der Waals surface area contributed by atoms with E-state index in [2.05, 4.69) is 24.8 Å². The number of carbonyl (C=O) groups is 1. The fourth-order valence-electron chi connectivity index (χ4n) is 2.59. The van der Waals surface area contributed by atoms with Gasteiger partial charge in [0.25, 0.3) is 5.91 Å². The van der Waals surface area contributed by atoms with Crippen LogP contribution < -0.4 is 5.32 Å². The number of carbonyl (C=O) groups excluding carboxylic acids is 1. The molecule has 3 aromatic heterocycles. The summed E-state index contributed by atoms with van der Waals surface area (Å²) in [6.07, 6.45) is 3.27. The largest absolute Gasteiger partial charge is 0.297 e. The first-order valence-electron chi connectivity index (χ1n) is 8.15. The molecule has 0 unspecified atom stereocenters. The van der Waals surface area contributed by atoms with Crippen molar-refractivity contribution in [2.24, 2.45) is 0 Å². The molecule has 0 aliphatic carbocycles. The molecule has 3 heterocycles. The molecule has 8 heteroatoms. The molecule has 0 bridgehead atoms. The lowest BCUT2D eigenvalue weighted by Crippen LogP contribution is -2.12. The summed E-state index contributed by atoms with van der Waals surface area (Å²) >= 11 is 1.15. The van der Waals surface area contributed by atoms with Gasteiger partial charge in [-0.25, -0.2) is 9.67 Å². The summed E-state index contributed by atoms with van der Waals surface area (Å²) in [7, 11) is 0. The zero-order chi connectivity index (χ0) is 18.1. The summed E-state index contributed by atoms with van der Waals surface area (Å²) in [6, 6.07) is 11.6. The third-order valence-electron chi connectivity index (χ3n) is 3.86. The Bertz CT molecular complexity index is 1070. The Labute approximate surface area is 153 Å². The summed E-state index contributed by atoms with van der Waals surface area (Å²) in [6.45, 7) is 4.07. The van der Waals surface area contributed by atoms with Gasteiger partial charge in [-0.05, 0) is 19.9 Å². The Balaban J connectivity index is 1.55.